The van der Waals surface area contributed by atoms with Crippen LogP contribution in [0.5, 0.6) is 0 Å². The van der Waals surface area contributed by atoms with Crippen LogP contribution in [0.25, 0.3) is 10.9 Å². The van der Waals surface area contributed by atoms with E-state index >= 15 is 0 Å². The molecule has 0 atom stereocenters. The predicted molar refractivity (Wildman–Crippen MR) is 90.2 cm³/mol. The van der Waals surface area contributed by atoms with Gasteiger partial charge in [0.2, 0.25) is 0 Å². The van der Waals surface area contributed by atoms with Gasteiger partial charge in [0.05, 0.1) is 10.9 Å². The smallest absolute Gasteiger partial charge is 0.261 e. The minimum atomic E-state index is 0.0997. The van der Waals surface area contributed by atoms with Gasteiger partial charge in [0.15, 0.2) is 0 Å². The topological polar surface area (TPSA) is 60.9 Å². The maximum Gasteiger partial charge on any atom is 0.261 e. The Kier molecular flexibility index (Phi) is 4.57. The van der Waals surface area contributed by atoms with E-state index in [1.54, 1.807) is 0 Å². The summed E-state index contributed by atoms with van der Waals surface area (Å²) in [6.07, 6.45) is 6.89. The summed E-state index contributed by atoms with van der Waals surface area (Å²) in [5, 5.41) is 0.733. The Morgan fingerprint density at radius 3 is 2.77 bits per heavy atom. The van der Waals surface area contributed by atoms with E-state index in [1.165, 1.54) is 19.3 Å². The number of nitrogens with zero attached hydrogens (tertiary/aromatic N) is 2. The molecule has 1 aliphatic carbocycles. The highest BCUT2D eigenvalue weighted by atomic mass is 16.1. The Balaban J connectivity index is 2.15. The van der Waals surface area contributed by atoms with E-state index in [4.69, 9.17) is 10.7 Å². The van der Waals surface area contributed by atoms with Gasteiger partial charge in [-0.15, -0.1) is 0 Å². The normalized spacial score (nSPS) is 16.3. The van der Waals surface area contributed by atoms with Crippen LogP contribution in [0.3, 0.4) is 0 Å². The van der Waals surface area contributed by atoms with Crippen molar-refractivity contribution >= 4 is 10.9 Å². The Hall–Kier alpha value is -1.68. The molecule has 0 saturated heterocycles. The number of nitrogens with two attached hydrogens (primary N) is 1. The third kappa shape index (κ3) is 2.93. The van der Waals surface area contributed by atoms with Crippen LogP contribution < -0.4 is 11.3 Å². The van der Waals surface area contributed by atoms with Crippen molar-refractivity contribution in [3.8, 4) is 0 Å². The van der Waals surface area contributed by atoms with Gasteiger partial charge in [-0.05, 0) is 44.9 Å². The maximum absolute atomic E-state index is 12.9. The molecule has 0 aliphatic heterocycles. The van der Waals surface area contributed by atoms with Crippen LogP contribution in [0.15, 0.2) is 23.0 Å². The molecule has 2 aromatic rings. The summed E-state index contributed by atoms with van der Waals surface area (Å²) in [5.74, 6) is 1.40. The fourth-order valence-electron chi connectivity index (χ4n) is 3.49. The zero-order valence-electron chi connectivity index (χ0n) is 13.3. The van der Waals surface area contributed by atoms with Crippen LogP contribution in [-0.4, -0.2) is 16.1 Å². The molecule has 4 nitrogen and oxygen atoms in total. The van der Waals surface area contributed by atoms with Gasteiger partial charge in [-0.3, -0.25) is 9.36 Å². The molecule has 2 N–H and O–H groups in total. The summed E-state index contributed by atoms with van der Waals surface area (Å²) in [6, 6.07) is 5.96. The summed E-state index contributed by atoms with van der Waals surface area (Å²) in [4.78, 5) is 17.8. The van der Waals surface area contributed by atoms with Crippen molar-refractivity contribution < 1.29 is 0 Å². The summed E-state index contributed by atoms with van der Waals surface area (Å²) < 4.78 is 1.89. The van der Waals surface area contributed by atoms with Gasteiger partial charge in [-0.25, -0.2) is 4.98 Å². The van der Waals surface area contributed by atoms with E-state index in [9.17, 15) is 4.79 Å². The van der Waals surface area contributed by atoms with Crippen LogP contribution in [-0.2, 0) is 6.54 Å². The molecule has 0 unspecified atom stereocenters. The largest absolute Gasteiger partial charge is 0.330 e. The Labute approximate surface area is 131 Å². The molecule has 0 bridgehead atoms. The lowest BCUT2D eigenvalue weighted by molar-refractivity contribution is 0.407. The first-order valence-electron chi connectivity index (χ1n) is 8.42. The van der Waals surface area contributed by atoms with Crippen molar-refractivity contribution in [3.63, 3.8) is 0 Å². The molecule has 1 fully saturated rings. The molecular weight excluding hydrogens is 274 g/mol. The van der Waals surface area contributed by atoms with Crippen LogP contribution >= 0.6 is 0 Å². The van der Waals surface area contributed by atoms with Gasteiger partial charge < -0.3 is 5.73 Å². The standard InChI is InChI=1S/C18H25N3O/c1-13-8-9-16-15(12-13)18(22)21(11-5-10-19)17(20-16)14-6-3-2-4-7-14/h8-9,12,14H,2-7,10-11,19H2,1H3. The number of fused-ring (bicyclic) bond motifs is 1. The van der Waals surface area contributed by atoms with E-state index < -0.39 is 0 Å². The van der Waals surface area contributed by atoms with Gasteiger partial charge in [-0.1, -0.05) is 30.9 Å². The third-order valence-electron chi connectivity index (χ3n) is 4.70. The molecule has 3 rings (SSSR count). The summed E-state index contributed by atoms with van der Waals surface area (Å²) in [7, 11) is 0. The van der Waals surface area contributed by atoms with E-state index in [0.29, 0.717) is 19.0 Å². The monoisotopic (exact) mass is 299 g/mol. The van der Waals surface area contributed by atoms with E-state index in [-0.39, 0.29) is 5.56 Å². The van der Waals surface area contributed by atoms with Gasteiger partial charge in [-0.2, -0.15) is 0 Å². The Morgan fingerprint density at radius 1 is 1.27 bits per heavy atom. The second-order valence-electron chi connectivity index (χ2n) is 6.42. The molecule has 1 aromatic carbocycles. The third-order valence-corrected chi connectivity index (χ3v) is 4.70. The lowest BCUT2D eigenvalue weighted by Crippen LogP contribution is -2.28. The van der Waals surface area contributed by atoms with Crippen molar-refractivity contribution in [3.05, 3.63) is 39.9 Å². The SMILES string of the molecule is Cc1ccc2nc(C3CCCCC3)n(CCCN)c(=O)c2c1. The molecule has 22 heavy (non-hydrogen) atoms. The first-order valence-corrected chi connectivity index (χ1v) is 8.42. The fourth-order valence-corrected chi connectivity index (χ4v) is 3.49. The molecule has 4 heteroatoms. The Bertz CT molecular complexity index is 714. The summed E-state index contributed by atoms with van der Waals surface area (Å²) >= 11 is 0. The zero-order chi connectivity index (χ0) is 15.5. The van der Waals surface area contributed by atoms with Crippen molar-refractivity contribution in [2.24, 2.45) is 5.73 Å². The van der Waals surface area contributed by atoms with Crippen molar-refractivity contribution in [2.45, 2.75) is 57.9 Å². The number of hydrogen-bond donors (Lipinski definition) is 1. The molecule has 0 amide bonds. The fraction of sp³-hybridized carbons (Fsp3) is 0.556. The van der Waals surface area contributed by atoms with Crippen LogP contribution in [0.2, 0.25) is 0 Å². The molecule has 1 aromatic heterocycles. The van der Waals surface area contributed by atoms with Crippen LogP contribution in [0.1, 0.15) is 55.8 Å². The average Bonchev–Trinajstić information content (AvgIpc) is 2.55. The van der Waals surface area contributed by atoms with Crippen molar-refractivity contribution in [1.82, 2.24) is 9.55 Å². The first kappa shape index (κ1) is 15.2. The van der Waals surface area contributed by atoms with Crippen molar-refractivity contribution in [2.75, 3.05) is 6.54 Å². The summed E-state index contributed by atoms with van der Waals surface area (Å²) in [5.41, 5.74) is 7.69. The molecular formula is C18H25N3O. The lowest BCUT2D eigenvalue weighted by Gasteiger charge is -2.24. The predicted octanol–water partition coefficient (Wildman–Crippen LogP) is 3.10. The van der Waals surface area contributed by atoms with Gasteiger partial charge in [0, 0.05) is 12.5 Å². The number of rotatable bonds is 4. The van der Waals surface area contributed by atoms with Gasteiger partial charge >= 0.3 is 0 Å². The maximum atomic E-state index is 12.9. The minimum absolute atomic E-state index is 0.0997. The number of hydrogen-bond acceptors (Lipinski definition) is 3. The highest BCUT2D eigenvalue weighted by Crippen LogP contribution is 2.31. The van der Waals surface area contributed by atoms with E-state index in [2.05, 4.69) is 0 Å². The molecule has 0 spiro atoms. The Morgan fingerprint density at radius 2 is 2.05 bits per heavy atom. The van der Waals surface area contributed by atoms with Crippen LogP contribution in [0.4, 0.5) is 0 Å². The summed E-state index contributed by atoms with van der Waals surface area (Å²) in [6.45, 7) is 3.29. The second kappa shape index (κ2) is 6.61. The zero-order valence-corrected chi connectivity index (χ0v) is 13.3. The van der Waals surface area contributed by atoms with E-state index in [1.807, 2.05) is 29.7 Å². The number of aromatic nitrogens is 2. The van der Waals surface area contributed by atoms with Crippen LogP contribution in [0, 0.1) is 6.92 Å². The quantitative estimate of drug-likeness (QED) is 0.943. The van der Waals surface area contributed by atoms with E-state index in [0.717, 1.165) is 41.6 Å². The van der Waals surface area contributed by atoms with Gasteiger partial charge in [0.1, 0.15) is 5.82 Å². The first-order chi connectivity index (χ1) is 10.7. The van der Waals surface area contributed by atoms with Gasteiger partial charge in [0.25, 0.3) is 5.56 Å². The molecule has 118 valence electrons. The molecule has 1 saturated carbocycles. The lowest BCUT2D eigenvalue weighted by atomic mass is 9.88. The molecule has 0 radical (unpaired) electrons. The molecule has 1 aliphatic rings. The number of benzene rings is 1. The average molecular weight is 299 g/mol. The minimum Gasteiger partial charge on any atom is -0.330 e. The number of aryl methyl sites for hydroxylation is 1. The highest BCUT2D eigenvalue weighted by Gasteiger charge is 2.22. The second-order valence-corrected chi connectivity index (χ2v) is 6.42. The van der Waals surface area contributed by atoms with Crippen molar-refractivity contribution in [1.29, 1.82) is 0 Å². The highest BCUT2D eigenvalue weighted by molar-refractivity contribution is 5.78. The molecule has 1 heterocycles.